The molecule has 0 radical (unpaired) electrons. The lowest BCUT2D eigenvalue weighted by atomic mass is 9.92. The van der Waals surface area contributed by atoms with Crippen LogP contribution in [0.3, 0.4) is 0 Å². The maximum absolute atomic E-state index is 13.9. The number of carboxylic acids is 1. The van der Waals surface area contributed by atoms with Crippen molar-refractivity contribution in [2.45, 2.75) is 39.0 Å². The number of anilines is 1. The fourth-order valence-electron chi connectivity index (χ4n) is 3.68. The lowest BCUT2D eigenvalue weighted by Gasteiger charge is -2.32. The third kappa shape index (κ3) is 6.50. The number of carboxylic acid groups (broad SMARTS) is 1. The SMILES string of the molecule is CCOc1cnc(N2CCC(CCCOc3cc(F)c(CC(=O)O)c(F)c3)CC2)nc1. The van der Waals surface area contributed by atoms with E-state index < -0.39 is 29.6 Å². The van der Waals surface area contributed by atoms with E-state index in [4.69, 9.17) is 14.6 Å². The van der Waals surface area contributed by atoms with Gasteiger partial charge in [0.15, 0.2) is 5.75 Å². The second kappa shape index (κ2) is 10.9. The molecule has 1 aromatic carbocycles. The van der Waals surface area contributed by atoms with Crippen LogP contribution in [0.2, 0.25) is 0 Å². The number of carbonyl (C=O) groups is 1. The van der Waals surface area contributed by atoms with Gasteiger partial charge in [-0.2, -0.15) is 0 Å². The van der Waals surface area contributed by atoms with Gasteiger partial charge < -0.3 is 19.5 Å². The van der Waals surface area contributed by atoms with Crippen LogP contribution in [-0.4, -0.2) is 47.3 Å². The topological polar surface area (TPSA) is 84.8 Å². The highest BCUT2D eigenvalue weighted by atomic mass is 19.1. The Kier molecular flexibility index (Phi) is 7.97. The molecule has 2 heterocycles. The van der Waals surface area contributed by atoms with Gasteiger partial charge in [-0.25, -0.2) is 18.7 Å². The van der Waals surface area contributed by atoms with Gasteiger partial charge in [-0.05, 0) is 38.5 Å². The number of benzene rings is 1. The number of rotatable bonds is 10. The summed E-state index contributed by atoms with van der Waals surface area (Å²) in [6, 6.07) is 2.08. The molecule has 0 spiro atoms. The normalized spacial score (nSPS) is 14.5. The van der Waals surface area contributed by atoms with Crippen molar-refractivity contribution in [1.29, 1.82) is 0 Å². The van der Waals surface area contributed by atoms with Gasteiger partial charge in [0.1, 0.15) is 17.4 Å². The molecule has 1 fully saturated rings. The van der Waals surface area contributed by atoms with E-state index in [1.807, 2.05) is 6.92 Å². The van der Waals surface area contributed by atoms with Crippen LogP contribution in [-0.2, 0) is 11.2 Å². The Morgan fingerprint density at radius 3 is 2.35 bits per heavy atom. The second-order valence-corrected chi connectivity index (χ2v) is 7.51. The van der Waals surface area contributed by atoms with Gasteiger partial charge in [-0.3, -0.25) is 4.79 Å². The smallest absolute Gasteiger partial charge is 0.308 e. The van der Waals surface area contributed by atoms with Gasteiger partial charge >= 0.3 is 5.97 Å². The molecule has 0 amide bonds. The molecule has 0 unspecified atom stereocenters. The van der Waals surface area contributed by atoms with Crippen molar-refractivity contribution in [1.82, 2.24) is 9.97 Å². The Labute approximate surface area is 180 Å². The molecule has 9 heteroatoms. The summed E-state index contributed by atoms with van der Waals surface area (Å²) in [4.78, 5) is 21.6. The Hall–Kier alpha value is -2.97. The zero-order chi connectivity index (χ0) is 22.2. The van der Waals surface area contributed by atoms with E-state index in [1.54, 1.807) is 12.4 Å². The number of hydrogen-bond donors (Lipinski definition) is 1. The fraction of sp³-hybridized carbons (Fsp3) is 0.500. The van der Waals surface area contributed by atoms with Crippen molar-refractivity contribution in [3.05, 3.63) is 41.7 Å². The molecule has 168 valence electrons. The summed E-state index contributed by atoms with van der Waals surface area (Å²) in [6.45, 7) is 4.59. The summed E-state index contributed by atoms with van der Waals surface area (Å²) in [5.74, 6) is -1.09. The zero-order valence-corrected chi connectivity index (χ0v) is 17.5. The van der Waals surface area contributed by atoms with Crippen LogP contribution in [0.5, 0.6) is 11.5 Å². The quantitative estimate of drug-likeness (QED) is 0.567. The summed E-state index contributed by atoms with van der Waals surface area (Å²) < 4.78 is 38.6. The summed E-state index contributed by atoms with van der Waals surface area (Å²) in [6.07, 6.45) is 6.44. The Balaban J connectivity index is 1.39. The Bertz CT molecular complexity index is 849. The maximum atomic E-state index is 13.9. The predicted molar refractivity (Wildman–Crippen MR) is 111 cm³/mol. The van der Waals surface area contributed by atoms with Crippen molar-refractivity contribution < 1.29 is 28.2 Å². The summed E-state index contributed by atoms with van der Waals surface area (Å²) in [5, 5.41) is 8.71. The summed E-state index contributed by atoms with van der Waals surface area (Å²) in [7, 11) is 0. The molecule has 0 bridgehead atoms. The Morgan fingerprint density at radius 2 is 1.77 bits per heavy atom. The third-order valence-electron chi connectivity index (χ3n) is 5.29. The van der Waals surface area contributed by atoms with Crippen molar-refractivity contribution >= 4 is 11.9 Å². The van der Waals surface area contributed by atoms with Crippen LogP contribution in [0.4, 0.5) is 14.7 Å². The van der Waals surface area contributed by atoms with Gasteiger partial charge in [0, 0.05) is 30.8 Å². The number of hydrogen-bond acceptors (Lipinski definition) is 6. The molecular weight excluding hydrogens is 408 g/mol. The first kappa shape index (κ1) is 22.7. The van der Waals surface area contributed by atoms with Gasteiger partial charge in [-0.15, -0.1) is 0 Å². The van der Waals surface area contributed by atoms with Crippen LogP contribution in [0.1, 0.15) is 38.2 Å². The average Bonchev–Trinajstić information content (AvgIpc) is 2.75. The van der Waals surface area contributed by atoms with Crippen LogP contribution >= 0.6 is 0 Å². The number of piperidine rings is 1. The monoisotopic (exact) mass is 435 g/mol. The summed E-state index contributed by atoms with van der Waals surface area (Å²) in [5.41, 5.74) is -0.455. The van der Waals surface area contributed by atoms with Crippen LogP contribution < -0.4 is 14.4 Å². The molecule has 1 aliphatic heterocycles. The molecule has 3 rings (SSSR count). The van der Waals surface area contributed by atoms with Gasteiger partial charge in [0.2, 0.25) is 5.95 Å². The molecule has 1 aliphatic rings. The minimum atomic E-state index is -1.29. The van der Waals surface area contributed by atoms with Gasteiger partial charge in [0.25, 0.3) is 0 Å². The van der Waals surface area contributed by atoms with Crippen molar-refractivity contribution in [2.75, 3.05) is 31.2 Å². The van der Waals surface area contributed by atoms with E-state index in [9.17, 15) is 13.6 Å². The van der Waals surface area contributed by atoms with E-state index in [0.717, 1.165) is 50.9 Å². The maximum Gasteiger partial charge on any atom is 0.308 e. The van der Waals surface area contributed by atoms with Crippen molar-refractivity contribution in [2.24, 2.45) is 5.92 Å². The lowest BCUT2D eigenvalue weighted by Crippen LogP contribution is -2.34. The second-order valence-electron chi connectivity index (χ2n) is 7.51. The number of halogens is 2. The number of ether oxygens (including phenoxy) is 2. The van der Waals surface area contributed by atoms with E-state index in [2.05, 4.69) is 14.9 Å². The number of nitrogens with zero attached hydrogens (tertiary/aromatic N) is 3. The van der Waals surface area contributed by atoms with Gasteiger partial charge in [-0.1, -0.05) is 0 Å². The fourth-order valence-corrected chi connectivity index (χ4v) is 3.68. The number of aliphatic carboxylic acids is 1. The third-order valence-corrected chi connectivity index (χ3v) is 5.29. The standard InChI is InChI=1S/C22H27F2N3O4/c1-2-30-17-13-25-22(26-14-17)27-7-5-15(6-8-27)4-3-9-31-16-10-19(23)18(12-21(28)29)20(24)11-16/h10-11,13-15H,2-9,12H2,1H3,(H,28,29). The molecule has 0 aliphatic carbocycles. The molecule has 2 aromatic rings. The highest BCUT2D eigenvalue weighted by molar-refractivity contribution is 5.70. The van der Waals surface area contributed by atoms with Crippen LogP contribution in [0.15, 0.2) is 24.5 Å². The van der Waals surface area contributed by atoms with Crippen molar-refractivity contribution in [3.8, 4) is 11.5 Å². The van der Waals surface area contributed by atoms with E-state index in [1.165, 1.54) is 0 Å². The molecule has 7 nitrogen and oxygen atoms in total. The van der Waals surface area contributed by atoms with E-state index in [-0.39, 0.29) is 5.75 Å². The van der Waals surface area contributed by atoms with Crippen LogP contribution in [0, 0.1) is 17.6 Å². The Morgan fingerprint density at radius 1 is 1.13 bits per heavy atom. The number of aromatic nitrogens is 2. The molecule has 31 heavy (non-hydrogen) atoms. The van der Waals surface area contributed by atoms with E-state index in [0.29, 0.717) is 30.8 Å². The van der Waals surface area contributed by atoms with E-state index >= 15 is 0 Å². The van der Waals surface area contributed by atoms with Crippen LogP contribution in [0.25, 0.3) is 0 Å². The molecule has 0 saturated carbocycles. The molecule has 1 N–H and O–H groups in total. The molecule has 0 atom stereocenters. The molecule has 1 aromatic heterocycles. The minimum Gasteiger partial charge on any atom is -0.493 e. The first-order chi connectivity index (χ1) is 15.0. The van der Waals surface area contributed by atoms with Gasteiger partial charge in [0.05, 0.1) is 32.0 Å². The first-order valence-electron chi connectivity index (χ1n) is 10.5. The molecular formula is C22H27F2N3O4. The molecule has 1 saturated heterocycles. The first-order valence-corrected chi connectivity index (χ1v) is 10.5. The highest BCUT2D eigenvalue weighted by Gasteiger charge is 2.21. The zero-order valence-electron chi connectivity index (χ0n) is 17.5. The van der Waals surface area contributed by atoms with Crippen molar-refractivity contribution in [3.63, 3.8) is 0 Å². The predicted octanol–water partition coefficient (Wildman–Crippen LogP) is 3.86. The highest BCUT2D eigenvalue weighted by Crippen LogP contribution is 2.25. The lowest BCUT2D eigenvalue weighted by molar-refractivity contribution is -0.136. The largest absolute Gasteiger partial charge is 0.493 e. The summed E-state index contributed by atoms with van der Waals surface area (Å²) >= 11 is 0. The average molecular weight is 435 g/mol. The minimum absolute atomic E-state index is 0.0756.